The fourth-order valence-electron chi connectivity index (χ4n) is 2.26. The molecule has 0 radical (unpaired) electrons. The van der Waals surface area contributed by atoms with Crippen LogP contribution in [0.3, 0.4) is 0 Å². The predicted octanol–water partition coefficient (Wildman–Crippen LogP) is -2.13. The number of aliphatic hydroxyl groups excluding tert-OH is 2. The number of hydrogen-bond donors (Lipinski definition) is 5. The van der Waals surface area contributed by atoms with Gasteiger partial charge in [0.1, 0.15) is 18.0 Å². The van der Waals surface area contributed by atoms with Gasteiger partial charge in [-0.15, -0.1) is 0 Å². The van der Waals surface area contributed by atoms with Crippen molar-refractivity contribution in [3.63, 3.8) is 0 Å². The Balaban J connectivity index is 2.16. The molecule has 1 aromatic rings. The Morgan fingerprint density at radius 3 is 2.65 bits per heavy atom. The lowest BCUT2D eigenvalue weighted by Gasteiger charge is -2.21. The molecule has 11 nitrogen and oxygen atoms in total. The van der Waals surface area contributed by atoms with E-state index in [1.54, 1.807) is 0 Å². The van der Waals surface area contributed by atoms with Crippen molar-refractivity contribution in [1.29, 1.82) is 0 Å². The molecule has 13 heteroatoms. The molecule has 0 bridgehead atoms. The molecule has 1 aromatic heterocycles. The number of nitrogens with zero attached hydrogens (tertiary/aromatic N) is 2. The van der Waals surface area contributed by atoms with Crippen LogP contribution in [-0.4, -0.2) is 67.5 Å². The van der Waals surface area contributed by atoms with Gasteiger partial charge in [-0.2, -0.15) is 13.8 Å². The number of aromatic nitrogens is 2. The standard InChI is InChI=1S/C13H16F2N4O7/c14-13(15)9(22)6(4-20)26-11(13)19-2-1-7(18-12(19)25)17-8(21)3-5(16)10(23)24/h1-2,5-6,9,11,20,22H,3-4,16H2,(H,23,24)(H,17,18,21,25)/t5?,6-,9?,11-/m1/s1. The summed E-state index contributed by atoms with van der Waals surface area (Å²) in [4.78, 5) is 37.5. The van der Waals surface area contributed by atoms with Crippen molar-refractivity contribution in [3.05, 3.63) is 22.7 Å². The Morgan fingerprint density at radius 1 is 1.50 bits per heavy atom. The first kappa shape index (κ1) is 19.8. The van der Waals surface area contributed by atoms with E-state index in [9.17, 15) is 28.3 Å². The van der Waals surface area contributed by atoms with Crippen LogP contribution >= 0.6 is 0 Å². The Labute approximate surface area is 144 Å². The molecule has 26 heavy (non-hydrogen) atoms. The highest BCUT2D eigenvalue weighted by atomic mass is 19.3. The number of ether oxygens (including phenoxy) is 1. The first-order valence-electron chi connectivity index (χ1n) is 7.27. The lowest BCUT2D eigenvalue weighted by Crippen LogP contribution is -2.42. The van der Waals surface area contributed by atoms with Crippen molar-refractivity contribution in [1.82, 2.24) is 9.55 Å². The van der Waals surface area contributed by atoms with Crippen LogP contribution in [0, 0.1) is 0 Å². The SMILES string of the molecule is NC(CC(=O)Nc1ccn([C@@H]2O[C@H](CO)C(O)C2(F)F)c(=O)n1)C(=O)O. The Morgan fingerprint density at radius 2 is 2.15 bits per heavy atom. The maximum atomic E-state index is 14.0. The van der Waals surface area contributed by atoms with Crippen molar-refractivity contribution in [2.24, 2.45) is 5.73 Å². The average Bonchev–Trinajstić information content (AvgIpc) is 2.77. The second-order valence-corrected chi connectivity index (χ2v) is 5.53. The van der Waals surface area contributed by atoms with E-state index >= 15 is 0 Å². The number of halogens is 2. The summed E-state index contributed by atoms with van der Waals surface area (Å²) in [5.74, 6) is -6.42. The number of nitrogens with two attached hydrogens (primary N) is 1. The molecule has 0 aromatic carbocycles. The van der Waals surface area contributed by atoms with Crippen LogP contribution in [-0.2, 0) is 14.3 Å². The summed E-state index contributed by atoms with van der Waals surface area (Å²) in [7, 11) is 0. The van der Waals surface area contributed by atoms with Gasteiger partial charge in [0.2, 0.25) is 12.1 Å². The van der Waals surface area contributed by atoms with Crippen molar-refractivity contribution in [2.75, 3.05) is 11.9 Å². The van der Waals surface area contributed by atoms with Crippen LogP contribution in [0.5, 0.6) is 0 Å². The normalized spacial score (nSPS) is 25.7. The van der Waals surface area contributed by atoms with Gasteiger partial charge in [0.25, 0.3) is 0 Å². The lowest BCUT2D eigenvalue weighted by atomic mass is 10.1. The molecule has 1 aliphatic rings. The molecule has 144 valence electrons. The summed E-state index contributed by atoms with van der Waals surface area (Å²) in [5, 5.41) is 29.1. The van der Waals surface area contributed by atoms with Crippen molar-refractivity contribution in [2.45, 2.75) is 36.8 Å². The Bertz CT molecular complexity index is 756. The molecule has 1 amide bonds. The van der Waals surface area contributed by atoms with E-state index in [4.69, 9.17) is 20.7 Å². The zero-order valence-corrected chi connectivity index (χ0v) is 13.1. The van der Waals surface area contributed by atoms with E-state index in [0.29, 0.717) is 4.57 Å². The average molecular weight is 378 g/mol. The van der Waals surface area contributed by atoms with E-state index in [1.807, 2.05) is 0 Å². The number of nitrogens with one attached hydrogen (secondary N) is 1. The minimum absolute atomic E-state index is 0.311. The topological polar surface area (TPSA) is 177 Å². The van der Waals surface area contributed by atoms with Gasteiger partial charge < -0.3 is 31.1 Å². The summed E-state index contributed by atoms with van der Waals surface area (Å²) in [6, 6.07) is -0.457. The van der Waals surface area contributed by atoms with Gasteiger partial charge in [0.05, 0.1) is 13.0 Å². The highest BCUT2D eigenvalue weighted by Gasteiger charge is 2.59. The van der Waals surface area contributed by atoms with Gasteiger partial charge in [0.15, 0.2) is 6.10 Å². The zero-order chi connectivity index (χ0) is 19.6. The summed E-state index contributed by atoms with van der Waals surface area (Å²) in [5.41, 5.74) is 3.96. The van der Waals surface area contributed by atoms with Gasteiger partial charge in [0, 0.05) is 6.20 Å². The van der Waals surface area contributed by atoms with E-state index in [0.717, 1.165) is 12.3 Å². The fraction of sp³-hybridized carbons (Fsp3) is 0.538. The van der Waals surface area contributed by atoms with Crippen LogP contribution in [0.4, 0.5) is 14.6 Å². The van der Waals surface area contributed by atoms with Crippen LogP contribution in [0.15, 0.2) is 17.1 Å². The summed E-state index contributed by atoms with van der Waals surface area (Å²) < 4.78 is 33.3. The third kappa shape index (κ3) is 3.85. The number of hydrogen-bond acceptors (Lipinski definition) is 8. The molecular formula is C13H16F2N4O7. The number of carboxylic acids is 1. The van der Waals surface area contributed by atoms with Gasteiger partial charge in [-0.1, -0.05) is 0 Å². The molecule has 4 atom stereocenters. The number of carbonyl (C=O) groups excluding carboxylic acids is 1. The lowest BCUT2D eigenvalue weighted by molar-refractivity contribution is -0.141. The predicted molar refractivity (Wildman–Crippen MR) is 79.3 cm³/mol. The molecular weight excluding hydrogens is 362 g/mol. The number of aliphatic carboxylic acids is 1. The van der Waals surface area contributed by atoms with E-state index < -0.39 is 61.0 Å². The third-order valence-electron chi connectivity index (χ3n) is 3.63. The van der Waals surface area contributed by atoms with E-state index in [2.05, 4.69) is 10.3 Å². The van der Waals surface area contributed by atoms with E-state index in [-0.39, 0.29) is 5.82 Å². The second-order valence-electron chi connectivity index (χ2n) is 5.53. The molecule has 2 unspecified atom stereocenters. The molecule has 1 aliphatic heterocycles. The maximum absolute atomic E-state index is 14.0. The van der Waals surface area contributed by atoms with Crippen LogP contribution in [0.25, 0.3) is 0 Å². The minimum Gasteiger partial charge on any atom is -0.480 e. The Kier molecular flexibility index (Phi) is 5.65. The van der Waals surface area contributed by atoms with Gasteiger partial charge in [-0.05, 0) is 6.07 Å². The molecule has 0 aliphatic carbocycles. The first-order valence-corrected chi connectivity index (χ1v) is 7.27. The molecule has 1 fully saturated rings. The molecule has 2 rings (SSSR count). The van der Waals surface area contributed by atoms with E-state index in [1.165, 1.54) is 0 Å². The number of anilines is 1. The monoisotopic (exact) mass is 378 g/mol. The molecule has 0 saturated carbocycles. The van der Waals surface area contributed by atoms with Crippen LogP contribution < -0.4 is 16.7 Å². The molecule has 0 spiro atoms. The third-order valence-corrected chi connectivity index (χ3v) is 3.63. The van der Waals surface area contributed by atoms with Crippen molar-refractivity contribution >= 4 is 17.7 Å². The summed E-state index contributed by atoms with van der Waals surface area (Å²) >= 11 is 0. The maximum Gasteiger partial charge on any atom is 0.351 e. The first-order chi connectivity index (χ1) is 12.1. The smallest absolute Gasteiger partial charge is 0.351 e. The quantitative estimate of drug-likeness (QED) is 0.370. The van der Waals surface area contributed by atoms with Crippen molar-refractivity contribution in [3.8, 4) is 0 Å². The number of carboxylic acid groups (broad SMARTS) is 1. The second kappa shape index (κ2) is 7.41. The summed E-state index contributed by atoms with van der Waals surface area (Å²) in [6.45, 7) is -0.882. The number of alkyl halides is 2. The minimum atomic E-state index is -3.86. The highest BCUT2D eigenvalue weighted by Crippen LogP contribution is 2.41. The van der Waals surface area contributed by atoms with Crippen LogP contribution in [0.2, 0.25) is 0 Å². The van der Waals surface area contributed by atoms with Crippen LogP contribution in [0.1, 0.15) is 12.6 Å². The largest absolute Gasteiger partial charge is 0.480 e. The highest BCUT2D eigenvalue weighted by molar-refractivity contribution is 5.93. The van der Waals surface area contributed by atoms with Crippen molar-refractivity contribution < 1.29 is 38.4 Å². The molecule has 1 saturated heterocycles. The summed E-state index contributed by atoms with van der Waals surface area (Å²) in [6.07, 6.45) is -5.83. The number of rotatable bonds is 6. The number of aliphatic hydroxyl groups is 2. The Hall–Kier alpha value is -2.48. The fourth-order valence-corrected chi connectivity index (χ4v) is 2.26. The molecule has 6 N–H and O–H groups in total. The number of carbonyl (C=O) groups is 2. The van der Waals surface area contributed by atoms with Gasteiger partial charge in [-0.25, -0.2) is 4.79 Å². The molecule has 2 heterocycles. The van der Waals surface area contributed by atoms with Gasteiger partial charge >= 0.3 is 17.6 Å². The zero-order valence-electron chi connectivity index (χ0n) is 13.1. The number of amides is 1. The van der Waals surface area contributed by atoms with Gasteiger partial charge in [-0.3, -0.25) is 14.2 Å².